The van der Waals surface area contributed by atoms with Crippen molar-refractivity contribution in [3.63, 3.8) is 0 Å². The zero-order chi connectivity index (χ0) is 20.1. The van der Waals surface area contributed by atoms with Gasteiger partial charge in [-0.25, -0.2) is 0 Å². The number of anilines is 1. The van der Waals surface area contributed by atoms with E-state index in [0.29, 0.717) is 16.8 Å². The van der Waals surface area contributed by atoms with Gasteiger partial charge >= 0.3 is 0 Å². The van der Waals surface area contributed by atoms with Gasteiger partial charge in [0.05, 0.1) is 16.5 Å². The number of carbonyl (C=O) groups is 3. The highest BCUT2D eigenvalue weighted by Gasteiger charge is 2.36. The Hall–Kier alpha value is -3.37. The summed E-state index contributed by atoms with van der Waals surface area (Å²) < 4.78 is 0. The minimum absolute atomic E-state index is 0.245. The van der Waals surface area contributed by atoms with Gasteiger partial charge in [-0.1, -0.05) is 31.2 Å². The van der Waals surface area contributed by atoms with Gasteiger partial charge in [0, 0.05) is 5.69 Å². The van der Waals surface area contributed by atoms with Crippen LogP contribution in [0.15, 0.2) is 53.4 Å². The van der Waals surface area contributed by atoms with E-state index in [2.05, 4.69) is 5.32 Å². The first-order valence-electron chi connectivity index (χ1n) is 8.64. The SMILES string of the molecule is CCc1ccc(NC(=O)CN2C(=O)S/C(=C/c3ccc(C#N)cc3)C2=O)cc1. The zero-order valence-electron chi connectivity index (χ0n) is 15.1. The minimum Gasteiger partial charge on any atom is -0.325 e. The molecule has 0 aromatic heterocycles. The highest BCUT2D eigenvalue weighted by Crippen LogP contribution is 2.32. The topological polar surface area (TPSA) is 90.3 Å². The van der Waals surface area contributed by atoms with Crippen molar-refractivity contribution in [1.29, 1.82) is 5.26 Å². The maximum Gasteiger partial charge on any atom is 0.294 e. The van der Waals surface area contributed by atoms with E-state index in [1.165, 1.54) is 0 Å². The molecule has 1 saturated heterocycles. The van der Waals surface area contributed by atoms with Crippen LogP contribution in [0.25, 0.3) is 6.08 Å². The van der Waals surface area contributed by atoms with Crippen molar-refractivity contribution >= 4 is 40.6 Å². The lowest BCUT2D eigenvalue weighted by Gasteiger charge is -2.12. The molecular weight excluding hydrogens is 374 g/mol. The highest BCUT2D eigenvalue weighted by atomic mass is 32.2. The van der Waals surface area contributed by atoms with Crippen LogP contribution < -0.4 is 5.32 Å². The van der Waals surface area contributed by atoms with E-state index in [1.54, 1.807) is 42.5 Å². The number of amides is 3. The largest absolute Gasteiger partial charge is 0.325 e. The quantitative estimate of drug-likeness (QED) is 0.783. The fourth-order valence-electron chi connectivity index (χ4n) is 2.61. The van der Waals surface area contributed by atoms with Crippen molar-refractivity contribution in [3.05, 3.63) is 70.1 Å². The number of hydrogen-bond donors (Lipinski definition) is 1. The molecule has 1 heterocycles. The summed E-state index contributed by atoms with van der Waals surface area (Å²) >= 11 is 0.793. The Labute approximate surface area is 166 Å². The summed E-state index contributed by atoms with van der Waals surface area (Å²) in [6.45, 7) is 1.70. The van der Waals surface area contributed by atoms with E-state index in [0.717, 1.165) is 28.6 Å². The summed E-state index contributed by atoms with van der Waals surface area (Å²) in [6, 6.07) is 16.1. The fraction of sp³-hybridized carbons (Fsp3) is 0.143. The van der Waals surface area contributed by atoms with Crippen LogP contribution >= 0.6 is 11.8 Å². The average molecular weight is 391 g/mol. The lowest BCUT2D eigenvalue weighted by atomic mass is 10.1. The summed E-state index contributed by atoms with van der Waals surface area (Å²) in [5, 5.41) is 11.0. The van der Waals surface area contributed by atoms with Crippen LogP contribution in [0.2, 0.25) is 0 Å². The predicted molar refractivity (Wildman–Crippen MR) is 108 cm³/mol. The molecule has 0 spiro atoms. The van der Waals surface area contributed by atoms with E-state index in [1.807, 2.05) is 25.1 Å². The van der Waals surface area contributed by atoms with Crippen LogP contribution in [-0.2, 0) is 16.0 Å². The van der Waals surface area contributed by atoms with Crippen LogP contribution in [-0.4, -0.2) is 28.5 Å². The summed E-state index contributed by atoms with van der Waals surface area (Å²) in [7, 11) is 0. The van der Waals surface area contributed by atoms with Gasteiger partial charge < -0.3 is 5.32 Å². The molecule has 0 atom stereocenters. The molecule has 6 nitrogen and oxygen atoms in total. The molecule has 0 bridgehead atoms. The predicted octanol–water partition coefficient (Wildman–Crippen LogP) is 3.80. The molecule has 7 heteroatoms. The highest BCUT2D eigenvalue weighted by molar-refractivity contribution is 8.18. The summed E-state index contributed by atoms with van der Waals surface area (Å²) in [4.78, 5) is 38.1. The van der Waals surface area contributed by atoms with Gasteiger partial charge in [0.2, 0.25) is 5.91 Å². The molecule has 2 aromatic rings. The Bertz CT molecular complexity index is 989. The van der Waals surface area contributed by atoms with Crippen LogP contribution in [0.1, 0.15) is 23.6 Å². The molecule has 1 N–H and O–H groups in total. The molecule has 0 saturated carbocycles. The van der Waals surface area contributed by atoms with Crippen molar-refractivity contribution < 1.29 is 14.4 Å². The van der Waals surface area contributed by atoms with Crippen molar-refractivity contribution in [2.75, 3.05) is 11.9 Å². The smallest absolute Gasteiger partial charge is 0.294 e. The Morgan fingerprint density at radius 1 is 1.14 bits per heavy atom. The van der Waals surface area contributed by atoms with Gasteiger partial charge in [-0.2, -0.15) is 5.26 Å². The molecule has 3 amide bonds. The van der Waals surface area contributed by atoms with Crippen molar-refractivity contribution in [2.45, 2.75) is 13.3 Å². The molecule has 2 aromatic carbocycles. The van der Waals surface area contributed by atoms with Gasteiger partial charge in [-0.3, -0.25) is 19.3 Å². The van der Waals surface area contributed by atoms with E-state index in [-0.39, 0.29) is 11.4 Å². The third-order valence-electron chi connectivity index (χ3n) is 4.16. The van der Waals surface area contributed by atoms with E-state index < -0.39 is 17.1 Å². The lowest BCUT2D eigenvalue weighted by Crippen LogP contribution is -2.36. The molecule has 1 aliphatic heterocycles. The third-order valence-corrected chi connectivity index (χ3v) is 5.07. The number of aryl methyl sites for hydroxylation is 1. The number of hydrogen-bond acceptors (Lipinski definition) is 5. The number of nitriles is 1. The maximum absolute atomic E-state index is 12.5. The van der Waals surface area contributed by atoms with Crippen LogP contribution in [0.4, 0.5) is 10.5 Å². The van der Waals surface area contributed by atoms with Crippen molar-refractivity contribution in [2.24, 2.45) is 0 Å². The lowest BCUT2D eigenvalue weighted by molar-refractivity contribution is -0.127. The van der Waals surface area contributed by atoms with Crippen molar-refractivity contribution in [3.8, 4) is 6.07 Å². The van der Waals surface area contributed by atoms with E-state index in [4.69, 9.17) is 5.26 Å². The molecule has 28 heavy (non-hydrogen) atoms. The molecule has 0 unspecified atom stereocenters. The Kier molecular flexibility index (Phi) is 5.92. The molecule has 3 rings (SSSR count). The van der Waals surface area contributed by atoms with Crippen LogP contribution in [0, 0.1) is 11.3 Å². The van der Waals surface area contributed by atoms with E-state index >= 15 is 0 Å². The van der Waals surface area contributed by atoms with Crippen molar-refractivity contribution in [1.82, 2.24) is 4.90 Å². The van der Waals surface area contributed by atoms with Gasteiger partial charge in [-0.15, -0.1) is 0 Å². The molecule has 0 aliphatic carbocycles. The first-order chi connectivity index (χ1) is 13.5. The first-order valence-corrected chi connectivity index (χ1v) is 9.46. The van der Waals surface area contributed by atoms with Crippen LogP contribution in [0.3, 0.4) is 0 Å². The third kappa shape index (κ3) is 4.48. The standard InChI is InChI=1S/C21H17N3O3S/c1-2-14-7-9-17(10-8-14)23-19(25)13-24-20(26)18(28-21(24)27)11-15-3-5-16(12-22)6-4-15/h3-11H,2,13H2,1H3,(H,23,25)/b18-11+. The van der Waals surface area contributed by atoms with Gasteiger partial charge in [0.15, 0.2) is 0 Å². The number of nitrogens with zero attached hydrogens (tertiary/aromatic N) is 2. The summed E-state index contributed by atoms with van der Waals surface area (Å²) in [5.74, 6) is -0.943. The number of benzene rings is 2. The Balaban J connectivity index is 1.66. The van der Waals surface area contributed by atoms with Crippen LogP contribution in [0.5, 0.6) is 0 Å². The summed E-state index contributed by atoms with van der Waals surface area (Å²) in [6.07, 6.45) is 2.48. The Morgan fingerprint density at radius 2 is 1.82 bits per heavy atom. The number of imide groups is 1. The Morgan fingerprint density at radius 3 is 2.43 bits per heavy atom. The fourth-order valence-corrected chi connectivity index (χ4v) is 3.45. The normalized spacial score (nSPS) is 15.0. The van der Waals surface area contributed by atoms with E-state index in [9.17, 15) is 14.4 Å². The second kappa shape index (κ2) is 8.55. The monoisotopic (exact) mass is 391 g/mol. The second-order valence-electron chi connectivity index (χ2n) is 6.10. The number of nitrogens with one attached hydrogen (secondary N) is 1. The molecule has 1 fully saturated rings. The number of carbonyl (C=O) groups excluding carboxylic acids is 3. The number of rotatable bonds is 5. The van der Waals surface area contributed by atoms with Gasteiger partial charge in [-0.05, 0) is 59.7 Å². The maximum atomic E-state index is 12.5. The first kappa shape index (κ1) is 19.4. The molecule has 1 aliphatic rings. The second-order valence-corrected chi connectivity index (χ2v) is 7.09. The van der Waals surface area contributed by atoms with Gasteiger partial charge in [0.25, 0.3) is 11.1 Å². The average Bonchev–Trinajstić information content (AvgIpc) is 2.96. The number of thioether (sulfide) groups is 1. The zero-order valence-corrected chi connectivity index (χ0v) is 16.0. The molecule has 140 valence electrons. The van der Waals surface area contributed by atoms with Gasteiger partial charge in [0.1, 0.15) is 6.54 Å². The minimum atomic E-state index is -0.504. The molecule has 0 radical (unpaired) electrons. The summed E-state index contributed by atoms with van der Waals surface area (Å²) in [5.41, 5.74) is 2.97. The molecular formula is C21H17N3O3S.